The Hall–Kier alpha value is -0.640. The maximum Gasteiger partial charge on any atom is 0.169 e. The van der Waals surface area contributed by atoms with E-state index in [2.05, 4.69) is 57.1 Å². The van der Waals surface area contributed by atoms with Gasteiger partial charge in [0.1, 0.15) is 0 Å². The molecule has 35 heavy (non-hydrogen) atoms. The average Bonchev–Trinajstić information content (AvgIpc) is 3.26. The van der Waals surface area contributed by atoms with Crippen LogP contribution in [0.5, 0.6) is 0 Å². The molecule has 3 nitrogen and oxygen atoms in total. The van der Waals surface area contributed by atoms with E-state index < -0.39 is 0 Å². The van der Waals surface area contributed by atoms with Crippen LogP contribution in [0.3, 0.4) is 0 Å². The van der Waals surface area contributed by atoms with Crippen LogP contribution in [0.2, 0.25) is 0 Å². The first-order chi connectivity index (χ1) is 17.1. The fraction of sp³-hybridized carbons (Fsp3) is 0.875. The van der Waals surface area contributed by atoms with Crippen molar-refractivity contribution in [2.75, 3.05) is 27.2 Å². The Balaban J connectivity index is 2.22. The van der Waals surface area contributed by atoms with Crippen molar-refractivity contribution in [2.24, 2.45) is 0 Å². The van der Waals surface area contributed by atoms with Crippen molar-refractivity contribution < 1.29 is 9.47 Å². The molecule has 2 atom stereocenters. The van der Waals surface area contributed by atoms with Gasteiger partial charge in [-0.3, -0.25) is 0 Å². The lowest BCUT2D eigenvalue weighted by Gasteiger charge is -2.28. The van der Waals surface area contributed by atoms with E-state index in [-0.39, 0.29) is 11.9 Å². The van der Waals surface area contributed by atoms with Crippen LogP contribution in [0.1, 0.15) is 142 Å². The van der Waals surface area contributed by atoms with Gasteiger partial charge in [0.15, 0.2) is 5.79 Å². The summed E-state index contributed by atoms with van der Waals surface area (Å²) in [6.07, 6.45) is 35.1. The molecule has 0 N–H and O–H groups in total. The molecule has 0 saturated carbocycles. The van der Waals surface area contributed by atoms with Gasteiger partial charge in [0, 0.05) is 19.4 Å². The molecule has 2 unspecified atom stereocenters. The van der Waals surface area contributed by atoms with Gasteiger partial charge in [0.25, 0.3) is 0 Å². The van der Waals surface area contributed by atoms with E-state index in [0.29, 0.717) is 0 Å². The topological polar surface area (TPSA) is 21.7 Å². The van der Waals surface area contributed by atoms with Crippen LogP contribution in [0, 0.1) is 0 Å². The van der Waals surface area contributed by atoms with Gasteiger partial charge in [-0.2, -0.15) is 0 Å². The molecule has 0 aromatic heterocycles. The second kappa shape index (κ2) is 22.5. The van der Waals surface area contributed by atoms with E-state index in [1.54, 1.807) is 0 Å². The van der Waals surface area contributed by atoms with E-state index in [4.69, 9.17) is 9.47 Å². The first-order valence-corrected chi connectivity index (χ1v) is 15.4. The summed E-state index contributed by atoms with van der Waals surface area (Å²) in [5.74, 6) is -0.342. The molecule has 0 spiro atoms. The van der Waals surface area contributed by atoms with E-state index in [9.17, 15) is 0 Å². The van der Waals surface area contributed by atoms with Gasteiger partial charge in [-0.05, 0) is 65.5 Å². The van der Waals surface area contributed by atoms with Crippen LogP contribution in [0.4, 0.5) is 0 Å². The van der Waals surface area contributed by atoms with Gasteiger partial charge in [-0.25, -0.2) is 0 Å². The molecule has 0 amide bonds. The molecule has 1 heterocycles. The Morgan fingerprint density at radius 2 is 1.20 bits per heavy atom. The minimum atomic E-state index is -0.342. The molecule has 1 fully saturated rings. The van der Waals surface area contributed by atoms with Crippen molar-refractivity contribution in [3.05, 3.63) is 24.3 Å². The Morgan fingerprint density at radius 1 is 0.657 bits per heavy atom. The lowest BCUT2D eigenvalue weighted by atomic mass is 10.0. The Labute approximate surface area is 220 Å². The maximum atomic E-state index is 6.55. The lowest BCUT2D eigenvalue weighted by molar-refractivity contribution is -0.178. The number of hydrogen-bond donors (Lipinski definition) is 0. The lowest BCUT2D eigenvalue weighted by Crippen LogP contribution is -2.31. The van der Waals surface area contributed by atoms with Gasteiger partial charge >= 0.3 is 0 Å². The van der Waals surface area contributed by atoms with Crippen molar-refractivity contribution in [1.29, 1.82) is 0 Å². The predicted octanol–water partition coefficient (Wildman–Crippen LogP) is 9.61. The minimum Gasteiger partial charge on any atom is -0.347 e. The summed E-state index contributed by atoms with van der Waals surface area (Å²) >= 11 is 0. The molecular formula is C32H61NO2. The van der Waals surface area contributed by atoms with Crippen LogP contribution < -0.4 is 0 Å². The van der Waals surface area contributed by atoms with E-state index in [0.717, 1.165) is 38.8 Å². The number of hydrogen-bond acceptors (Lipinski definition) is 3. The highest BCUT2D eigenvalue weighted by molar-refractivity contribution is 4.88. The van der Waals surface area contributed by atoms with E-state index in [1.807, 2.05) is 0 Å². The highest BCUT2D eigenvalue weighted by atomic mass is 16.7. The summed E-state index contributed by atoms with van der Waals surface area (Å²) in [5.41, 5.74) is 0. The van der Waals surface area contributed by atoms with Gasteiger partial charge < -0.3 is 14.4 Å². The number of allylic oxidation sites excluding steroid dienone is 4. The van der Waals surface area contributed by atoms with Crippen LogP contribution in [-0.2, 0) is 9.47 Å². The number of nitrogens with zero attached hydrogens (tertiary/aromatic N) is 1. The van der Waals surface area contributed by atoms with Crippen LogP contribution in [0.25, 0.3) is 0 Å². The number of unbranched alkanes of at least 4 members (excludes halogenated alkanes) is 13. The molecule has 1 saturated heterocycles. The van der Waals surface area contributed by atoms with Crippen molar-refractivity contribution >= 4 is 0 Å². The predicted molar refractivity (Wildman–Crippen MR) is 154 cm³/mol. The molecule has 0 aromatic rings. The maximum absolute atomic E-state index is 6.55. The standard InChI is InChI=1S/C32H61NO2/c1-5-7-9-11-13-14-15-16-17-18-19-20-21-23-25-28-32(27-24-22-12-10-8-6-2)34-30-31(35-32)26-29-33(3)4/h16-17,21,23,31H,5-15,18-20,22,24-30H2,1-4H3. The summed E-state index contributed by atoms with van der Waals surface area (Å²) in [6.45, 7) is 6.39. The third kappa shape index (κ3) is 18.3. The van der Waals surface area contributed by atoms with Gasteiger partial charge in [0.05, 0.1) is 12.7 Å². The van der Waals surface area contributed by atoms with Gasteiger partial charge in [0.2, 0.25) is 0 Å². The Morgan fingerprint density at radius 3 is 1.83 bits per heavy atom. The highest BCUT2D eigenvalue weighted by Crippen LogP contribution is 2.35. The summed E-state index contributed by atoms with van der Waals surface area (Å²) in [6, 6.07) is 0. The van der Waals surface area contributed by atoms with Crippen LogP contribution >= 0.6 is 0 Å². The summed E-state index contributed by atoms with van der Waals surface area (Å²) in [4.78, 5) is 2.24. The third-order valence-corrected chi connectivity index (χ3v) is 7.21. The Kier molecular flexibility index (Phi) is 20.9. The fourth-order valence-corrected chi connectivity index (χ4v) is 4.89. The molecule has 0 aliphatic carbocycles. The second-order valence-corrected chi connectivity index (χ2v) is 11.0. The first-order valence-electron chi connectivity index (χ1n) is 15.4. The van der Waals surface area contributed by atoms with Crippen molar-refractivity contribution in [1.82, 2.24) is 4.90 Å². The zero-order valence-corrected chi connectivity index (χ0v) is 24.2. The first kappa shape index (κ1) is 32.4. The molecule has 1 rings (SSSR count). The fourth-order valence-electron chi connectivity index (χ4n) is 4.89. The second-order valence-electron chi connectivity index (χ2n) is 11.0. The van der Waals surface area contributed by atoms with Crippen molar-refractivity contribution in [3.63, 3.8) is 0 Å². The molecule has 1 aliphatic rings. The summed E-state index contributed by atoms with van der Waals surface area (Å²) < 4.78 is 12.9. The molecule has 1 aliphatic heterocycles. The summed E-state index contributed by atoms with van der Waals surface area (Å²) in [5, 5.41) is 0. The number of ether oxygens (including phenoxy) is 2. The third-order valence-electron chi connectivity index (χ3n) is 7.21. The zero-order valence-electron chi connectivity index (χ0n) is 24.2. The smallest absolute Gasteiger partial charge is 0.169 e. The van der Waals surface area contributed by atoms with Crippen molar-refractivity contribution in [2.45, 2.75) is 154 Å². The minimum absolute atomic E-state index is 0.254. The summed E-state index contributed by atoms with van der Waals surface area (Å²) in [7, 11) is 4.27. The molecule has 3 heteroatoms. The monoisotopic (exact) mass is 491 g/mol. The Bertz CT molecular complexity index is 516. The largest absolute Gasteiger partial charge is 0.347 e. The van der Waals surface area contributed by atoms with Gasteiger partial charge in [-0.15, -0.1) is 0 Å². The molecule has 0 bridgehead atoms. The van der Waals surface area contributed by atoms with Crippen LogP contribution in [-0.4, -0.2) is 44.0 Å². The SMILES string of the molecule is CCCCCCCCC=CCCCC=CCCC1(CCCCCCCC)OCC(CCN(C)C)O1. The van der Waals surface area contributed by atoms with Gasteiger partial charge in [-0.1, -0.05) is 102 Å². The zero-order chi connectivity index (χ0) is 25.5. The molecule has 0 radical (unpaired) electrons. The molecule has 0 aromatic carbocycles. The van der Waals surface area contributed by atoms with E-state index >= 15 is 0 Å². The number of rotatable bonds is 24. The van der Waals surface area contributed by atoms with E-state index in [1.165, 1.54) is 103 Å². The highest BCUT2D eigenvalue weighted by Gasteiger charge is 2.40. The van der Waals surface area contributed by atoms with Crippen LogP contribution in [0.15, 0.2) is 24.3 Å². The normalized spacial score (nSPS) is 20.8. The quantitative estimate of drug-likeness (QED) is 0.0990. The average molecular weight is 492 g/mol. The molecule has 206 valence electrons. The van der Waals surface area contributed by atoms with Crippen molar-refractivity contribution in [3.8, 4) is 0 Å². The molecular weight excluding hydrogens is 430 g/mol.